The van der Waals surface area contributed by atoms with Crippen LogP contribution in [-0.4, -0.2) is 13.3 Å². The Morgan fingerprint density at radius 1 is 1.04 bits per heavy atom. The van der Waals surface area contributed by atoms with Crippen LogP contribution in [0.2, 0.25) is 17.3 Å². The topological polar surface area (TPSA) is 3.88 Å². The van der Waals surface area contributed by atoms with Gasteiger partial charge in [0.2, 0.25) is 0 Å². The molecule has 0 saturated heterocycles. The molecule has 2 aromatic rings. The fourth-order valence-corrected chi connectivity index (χ4v) is 7.94. The number of hydrogen-bond acceptors (Lipinski definition) is 0. The van der Waals surface area contributed by atoms with Gasteiger partial charge in [0.25, 0.3) is 0 Å². The predicted molar refractivity (Wildman–Crippen MR) is 111 cm³/mol. The van der Waals surface area contributed by atoms with E-state index < -0.39 is 13.3 Å². The molecule has 0 atom stereocenters. The first-order chi connectivity index (χ1) is 11.8. The summed E-state index contributed by atoms with van der Waals surface area (Å²) >= 11 is -1.93. The zero-order valence-corrected chi connectivity index (χ0v) is 19.0. The van der Waals surface area contributed by atoms with Gasteiger partial charge in [-0.15, -0.1) is 0 Å². The van der Waals surface area contributed by atoms with Gasteiger partial charge in [-0.2, -0.15) is 0 Å². The molecule has 0 unspecified atom stereocenters. The third kappa shape index (κ3) is 4.19. The Balaban J connectivity index is 2.10. The van der Waals surface area contributed by atoms with E-state index in [1.165, 1.54) is 54.5 Å². The first kappa shape index (κ1) is 18.7. The Hall–Kier alpha value is -1.09. The van der Waals surface area contributed by atoms with Crippen LogP contribution in [0.25, 0.3) is 11.3 Å². The zero-order valence-electron chi connectivity index (χ0n) is 16.9. The Kier molecular flexibility index (Phi) is 5.43. The van der Waals surface area contributed by atoms with E-state index in [4.69, 9.17) is 0 Å². The van der Waals surface area contributed by atoms with Crippen LogP contribution in [0.5, 0.6) is 0 Å². The van der Waals surface area contributed by atoms with Gasteiger partial charge >= 0.3 is 157 Å². The molecular weight excluding hydrogens is 363 g/mol. The molecule has 1 aliphatic carbocycles. The number of pyridine rings is 1. The van der Waals surface area contributed by atoms with Crippen LogP contribution in [0.4, 0.5) is 0 Å². The summed E-state index contributed by atoms with van der Waals surface area (Å²) in [4.78, 5) is 0. The third-order valence-electron chi connectivity index (χ3n) is 5.82. The molecule has 1 heterocycles. The van der Waals surface area contributed by atoms with E-state index in [-0.39, 0.29) is 0 Å². The SMILES string of the molecule is Cc1ccc(C)c(-c2c[c]([Ge]([CH3])([CH3])[CH3])c(CC3CCCC3)c[n+]2C)c1. The molecule has 134 valence electrons. The first-order valence-corrected chi connectivity index (χ1v) is 17.2. The second-order valence-corrected chi connectivity index (χ2v) is 19.7. The van der Waals surface area contributed by atoms with Crippen LogP contribution < -0.4 is 8.96 Å². The average molecular weight is 397 g/mol. The van der Waals surface area contributed by atoms with Gasteiger partial charge in [-0.1, -0.05) is 0 Å². The van der Waals surface area contributed by atoms with Crippen molar-refractivity contribution in [3.05, 3.63) is 47.2 Å². The van der Waals surface area contributed by atoms with Crippen molar-refractivity contribution in [3.63, 3.8) is 0 Å². The molecule has 25 heavy (non-hydrogen) atoms. The molecule has 0 amide bonds. The maximum absolute atomic E-state index is 2.55. The van der Waals surface area contributed by atoms with Crippen molar-refractivity contribution < 1.29 is 4.57 Å². The summed E-state index contributed by atoms with van der Waals surface area (Å²) in [5.41, 5.74) is 7.12. The number of aromatic nitrogens is 1. The van der Waals surface area contributed by atoms with Gasteiger partial charge in [-0.3, -0.25) is 0 Å². The Labute approximate surface area is 156 Å². The van der Waals surface area contributed by atoms with Crippen molar-refractivity contribution in [3.8, 4) is 11.3 Å². The Bertz CT molecular complexity index is 764. The molecule has 1 aromatic carbocycles. The van der Waals surface area contributed by atoms with Crippen LogP contribution in [0.15, 0.2) is 30.5 Å². The summed E-state index contributed by atoms with van der Waals surface area (Å²) in [5.74, 6) is 8.54. The van der Waals surface area contributed by atoms with E-state index >= 15 is 0 Å². The van der Waals surface area contributed by atoms with Crippen molar-refractivity contribution in [2.24, 2.45) is 13.0 Å². The molecule has 1 saturated carbocycles. The summed E-state index contributed by atoms with van der Waals surface area (Å²) < 4.78 is 4.09. The van der Waals surface area contributed by atoms with Crippen molar-refractivity contribution in [1.29, 1.82) is 0 Å². The van der Waals surface area contributed by atoms with Crippen molar-refractivity contribution in [2.75, 3.05) is 0 Å². The van der Waals surface area contributed by atoms with Crippen molar-refractivity contribution in [1.82, 2.24) is 0 Å². The molecule has 0 aliphatic heterocycles. The molecule has 3 rings (SSSR count). The molecule has 0 bridgehead atoms. The van der Waals surface area contributed by atoms with Gasteiger partial charge in [-0.25, -0.2) is 0 Å². The fourth-order valence-electron chi connectivity index (χ4n) is 4.37. The van der Waals surface area contributed by atoms with E-state index in [0.717, 1.165) is 5.92 Å². The molecule has 2 heteroatoms. The number of hydrogen-bond donors (Lipinski definition) is 0. The second kappa shape index (κ2) is 7.27. The summed E-state index contributed by atoms with van der Waals surface area (Å²) in [6, 6.07) is 9.37. The Morgan fingerprint density at radius 2 is 1.72 bits per heavy atom. The molecule has 1 fully saturated rings. The van der Waals surface area contributed by atoms with Gasteiger partial charge in [0, 0.05) is 0 Å². The quantitative estimate of drug-likeness (QED) is 0.501. The zero-order chi connectivity index (χ0) is 18.2. The molecule has 0 spiro atoms. The van der Waals surface area contributed by atoms with Crippen molar-refractivity contribution in [2.45, 2.75) is 63.2 Å². The van der Waals surface area contributed by atoms with Crippen LogP contribution in [0.1, 0.15) is 42.4 Å². The third-order valence-corrected chi connectivity index (χ3v) is 10.2. The summed E-state index contributed by atoms with van der Waals surface area (Å²) in [6.07, 6.45) is 9.48. The summed E-state index contributed by atoms with van der Waals surface area (Å²) in [6.45, 7) is 4.43. The Morgan fingerprint density at radius 3 is 2.36 bits per heavy atom. The van der Waals surface area contributed by atoms with E-state index in [2.05, 4.69) is 73.2 Å². The van der Waals surface area contributed by atoms with E-state index in [1.54, 1.807) is 9.96 Å². The minimum atomic E-state index is -1.93. The summed E-state index contributed by atoms with van der Waals surface area (Å²) in [5, 5.41) is 0. The molecule has 1 nitrogen and oxygen atoms in total. The monoisotopic (exact) mass is 398 g/mol. The molecular formula is C23H34GeN+. The van der Waals surface area contributed by atoms with Gasteiger partial charge in [-0.05, 0) is 0 Å². The number of nitrogens with zero attached hydrogens (tertiary/aromatic N) is 1. The second-order valence-electron chi connectivity index (χ2n) is 9.13. The van der Waals surface area contributed by atoms with Crippen LogP contribution in [0, 0.1) is 19.8 Å². The predicted octanol–water partition coefficient (Wildman–Crippen LogP) is 5.07. The summed E-state index contributed by atoms with van der Waals surface area (Å²) in [7, 11) is 2.23. The van der Waals surface area contributed by atoms with Gasteiger partial charge < -0.3 is 0 Å². The van der Waals surface area contributed by atoms with Gasteiger partial charge in [0.15, 0.2) is 0 Å². The van der Waals surface area contributed by atoms with Crippen LogP contribution in [0.3, 0.4) is 0 Å². The maximum atomic E-state index is 2.55. The molecule has 1 aromatic heterocycles. The molecule has 0 N–H and O–H groups in total. The number of benzene rings is 1. The van der Waals surface area contributed by atoms with E-state index in [9.17, 15) is 0 Å². The fraction of sp³-hybridized carbons (Fsp3) is 0.522. The molecule has 1 aliphatic rings. The minimum absolute atomic E-state index is 0.912. The van der Waals surface area contributed by atoms with Crippen LogP contribution in [-0.2, 0) is 13.5 Å². The van der Waals surface area contributed by atoms with Crippen molar-refractivity contribution >= 4 is 17.7 Å². The molecule has 0 radical (unpaired) electrons. The number of aryl methyl sites for hydroxylation is 3. The standard InChI is InChI=1S/C23H34GeN/c1-17-11-12-18(2)21(13-17)23-15-22(24(3,4)5)20(16-25(23)6)14-19-9-7-8-10-19/h11-13,15-16,19H,7-10,14H2,1-6H3/q+1. The van der Waals surface area contributed by atoms with E-state index in [0.29, 0.717) is 0 Å². The number of rotatable bonds is 4. The van der Waals surface area contributed by atoms with Crippen LogP contribution >= 0.6 is 0 Å². The van der Waals surface area contributed by atoms with Gasteiger partial charge in [0.05, 0.1) is 0 Å². The van der Waals surface area contributed by atoms with E-state index in [1.807, 2.05) is 0 Å². The normalized spacial score (nSPS) is 15.8. The first-order valence-electron chi connectivity index (χ1n) is 9.86. The average Bonchev–Trinajstić information content (AvgIpc) is 3.02. The van der Waals surface area contributed by atoms with Gasteiger partial charge in [0.1, 0.15) is 0 Å².